The zero-order valence-corrected chi connectivity index (χ0v) is 14.9. The average molecular weight is 348 g/mol. The van der Waals surface area contributed by atoms with Crippen molar-refractivity contribution in [3.05, 3.63) is 72.2 Å². The van der Waals surface area contributed by atoms with E-state index >= 15 is 0 Å². The van der Waals surface area contributed by atoms with E-state index in [1.54, 1.807) is 32.0 Å². The van der Waals surface area contributed by atoms with Gasteiger partial charge >= 0.3 is 0 Å². The number of carbonyl (C=O) groups excluding carboxylic acids is 1. The van der Waals surface area contributed by atoms with E-state index in [4.69, 9.17) is 4.74 Å². The third-order valence-electron chi connectivity index (χ3n) is 3.87. The van der Waals surface area contributed by atoms with Crippen LogP contribution in [0.25, 0.3) is 0 Å². The molecule has 0 aliphatic rings. The molecule has 0 radical (unpaired) electrons. The molecule has 0 bridgehead atoms. The summed E-state index contributed by atoms with van der Waals surface area (Å²) in [6.07, 6.45) is 0. The second-order valence-electron chi connectivity index (χ2n) is 5.74. The Morgan fingerprint density at radius 3 is 2.38 bits per heavy atom. The molecular weight excluding hydrogens is 328 g/mol. The summed E-state index contributed by atoms with van der Waals surface area (Å²) in [5.74, 6) is 1.66. The molecule has 3 aromatic rings. The molecule has 3 rings (SSSR count). The molecule has 1 amide bonds. The molecule has 1 aromatic heterocycles. The molecule has 1 N–H and O–H groups in total. The van der Waals surface area contributed by atoms with E-state index in [1.165, 1.54) is 0 Å². The Hall–Kier alpha value is -3.41. The van der Waals surface area contributed by atoms with Gasteiger partial charge in [-0.2, -0.15) is 0 Å². The highest BCUT2D eigenvalue weighted by Crippen LogP contribution is 2.20. The largest absolute Gasteiger partial charge is 0.497 e. The Morgan fingerprint density at radius 2 is 1.73 bits per heavy atom. The maximum atomic E-state index is 12.8. The SMILES string of the molecule is COc1ccc(Nc2cc(C(=O)N(C)c3ccccc3)nc(C)n2)cc1. The van der Waals surface area contributed by atoms with Crippen LogP contribution in [0.5, 0.6) is 5.75 Å². The summed E-state index contributed by atoms with van der Waals surface area (Å²) in [5.41, 5.74) is 1.98. The fourth-order valence-corrected chi connectivity index (χ4v) is 2.50. The van der Waals surface area contributed by atoms with Crippen molar-refractivity contribution in [1.29, 1.82) is 0 Å². The zero-order chi connectivity index (χ0) is 18.5. The summed E-state index contributed by atoms with van der Waals surface area (Å²) in [5, 5.41) is 3.19. The molecule has 1 heterocycles. The highest BCUT2D eigenvalue weighted by atomic mass is 16.5. The van der Waals surface area contributed by atoms with Gasteiger partial charge in [0.15, 0.2) is 0 Å². The number of nitrogens with one attached hydrogen (secondary N) is 1. The zero-order valence-electron chi connectivity index (χ0n) is 14.9. The number of carbonyl (C=O) groups is 1. The van der Waals surface area contributed by atoms with Gasteiger partial charge in [0.1, 0.15) is 23.1 Å². The number of ether oxygens (including phenoxy) is 1. The van der Waals surface area contributed by atoms with Crippen molar-refractivity contribution in [2.24, 2.45) is 0 Å². The second-order valence-corrected chi connectivity index (χ2v) is 5.74. The quantitative estimate of drug-likeness (QED) is 0.759. The van der Waals surface area contributed by atoms with E-state index in [0.717, 1.165) is 17.1 Å². The van der Waals surface area contributed by atoms with E-state index in [9.17, 15) is 4.79 Å². The molecule has 26 heavy (non-hydrogen) atoms. The maximum absolute atomic E-state index is 12.8. The Balaban J connectivity index is 1.83. The number of amides is 1. The number of rotatable bonds is 5. The van der Waals surface area contributed by atoms with Gasteiger partial charge < -0.3 is 15.0 Å². The van der Waals surface area contributed by atoms with Gasteiger partial charge in [0.05, 0.1) is 7.11 Å². The van der Waals surface area contributed by atoms with Crippen LogP contribution in [-0.4, -0.2) is 30.0 Å². The number of hydrogen-bond donors (Lipinski definition) is 1. The lowest BCUT2D eigenvalue weighted by atomic mass is 10.2. The predicted molar refractivity (Wildman–Crippen MR) is 102 cm³/mol. The third-order valence-corrected chi connectivity index (χ3v) is 3.87. The van der Waals surface area contributed by atoms with E-state index in [1.807, 2.05) is 54.6 Å². The first kappa shape index (κ1) is 17.4. The molecule has 0 saturated heterocycles. The second kappa shape index (κ2) is 7.65. The first-order chi connectivity index (χ1) is 12.6. The van der Waals surface area contributed by atoms with Crippen molar-refractivity contribution in [2.75, 3.05) is 24.4 Å². The van der Waals surface area contributed by atoms with Crippen LogP contribution in [0, 0.1) is 6.92 Å². The summed E-state index contributed by atoms with van der Waals surface area (Å²) >= 11 is 0. The minimum Gasteiger partial charge on any atom is -0.497 e. The van der Waals surface area contributed by atoms with Crippen LogP contribution >= 0.6 is 0 Å². The van der Waals surface area contributed by atoms with Crippen molar-refractivity contribution in [3.63, 3.8) is 0 Å². The number of anilines is 3. The molecule has 0 fully saturated rings. The van der Waals surface area contributed by atoms with E-state index in [-0.39, 0.29) is 5.91 Å². The molecule has 0 spiro atoms. The predicted octanol–water partition coefficient (Wildman–Crippen LogP) is 3.81. The smallest absolute Gasteiger partial charge is 0.276 e. The first-order valence-electron chi connectivity index (χ1n) is 8.16. The van der Waals surface area contributed by atoms with Gasteiger partial charge in [0.2, 0.25) is 0 Å². The average Bonchev–Trinajstić information content (AvgIpc) is 2.67. The fourth-order valence-electron chi connectivity index (χ4n) is 2.50. The van der Waals surface area contributed by atoms with Crippen molar-refractivity contribution in [1.82, 2.24) is 9.97 Å². The lowest BCUT2D eigenvalue weighted by Crippen LogP contribution is -2.27. The highest BCUT2D eigenvalue weighted by molar-refractivity contribution is 6.04. The Bertz CT molecular complexity index is 895. The van der Waals surface area contributed by atoms with Crippen LogP contribution in [0.3, 0.4) is 0 Å². The lowest BCUT2D eigenvalue weighted by molar-refractivity contribution is 0.0988. The molecular formula is C20H20N4O2. The van der Waals surface area contributed by atoms with Crippen LogP contribution in [0.2, 0.25) is 0 Å². The Morgan fingerprint density at radius 1 is 1.04 bits per heavy atom. The first-order valence-corrected chi connectivity index (χ1v) is 8.16. The van der Waals surface area contributed by atoms with Gasteiger partial charge in [0.25, 0.3) is 5.91 Å². The van der Waals surface area contributed by atoms with E-state index in [2.05, 4.69) is 15.3 Å². The summed E-state index contributed by atoms with van der Waals surface area (Å²) in [7, 11) is 3.35. The molecule has 2 aromatic carbocycles. The van der Waals surface area contributed by atoms with Crippen LogP contribution in [0.4, 0.5) is 17.2 Å². The van der Waals surface area contributed by atoms with E-state index in [0.29, 0.717) is 17.3 Å². The van der Waals surface area contributed by atoms with Crippen molar-refractivity contribution < 1.29 is 9.53 Å². The molecule has 0 unspecified atom stereocenters. The summed E-state index contributed by atoms with van der Waals surface area (Å²) in [6.45, 7) is 1.76. The highest BCUT2D eigenvalue weighted by Gasteiger charge is 2.16. The number of benzene rings is 2. The van der Waals surface area contributed by atoms with Gasteiger partial charge in [0, 0.05) is 24.5 Å². The van der Waals surface area contributed by atoms with Crippen molar-refractivity contribution in [3.8, 4) is 5.75 Å². The van der Waals surface area contributed by atoms with Crippen molar-refractivity contribution >= 4 is 23.1 Å². The Labute approximate surface area is 152 Å². The molecule has 0 aliphatic heterocycles. The number of methoxy groups -OCH3 is 1. The monoisotopic (exact) mass is 348 g/mol. The minimum absolute atomic E-state index is 0.195. The fraction of sp³-hybridized carbons (Fsp3) is 0.150. The van der Waals surface area contributed by atoms with Crippen LogP contribution in [-0.2, 0) is 0 Å². The van der Waals surface area contributed by atoms with Gasteiger partial charge in [-0.1, -0.05) is 18.2 Å². The number of nitrogens with zero attached hydrogens (tertiary/aromatic N) is 3. The summed E-state index contributed by atoms with van der Waals surface area (Å²) in [6, 6.07) is 18.6. The number of aryl methyl sites for hydroxylation is 1. The number of para-hydroxylation sites is 1. The van der Waals surface area contributed by atoms with Gasteiger partial charge in [-0.3, -0.25) is 4.79 Å². The Kier molecular flexibility index (Phi) is 5.12. The van der Waals surface area contributed by atoms with Crippen LogP contribution < -0.4 is 15.0 Å². The summed E-state index contributed by atoms with van der Waals surface area (Å²) < 4.78 is 5.15. The topological polar surface area (TPSA) is 67.3 Å². The minimum atomic E-state index is -0.195. The third kappa shape index (κ3) is 3.97. The lowest BCUT2D eigenvalue weighted by Gasteiger charge is -2.17. The molecule has 6 nitrogen and oxygen atoms in total. The standard InChI is InChI=1S/C20H20N4O2/c1-14-21-18(20(25)24(2)16-7-5-4-6-8-16)13-19(22-14)23-15-9-11-17(26-3)12-10-15/h4-13H,1-3H3,(H,21,22,23). The van der Waals surface area contributed by atoms with Crippen molar-refractivity contribution in [2.45, 2.75) is 6.92 Å². The van der Waals surface area contributed by atoms with E-state index < -0.39 is 0 Å². The summed E-state index contributed by atoms with van der Waals surface area (Å²) in [4.78, 5) is 23.0. The van der Waals surface area contributed by atoms with Gasteiger partial charge in [-0.15, -0.1) is 0 Å². The maximum Gasteiger partial charge on any atom is 0.276 e. The molecule has 132 valence electrons. The van der Waals surface area contributed by atoms with Crippen LogP contribution in [0.15, 0.2) is 60.7 Å². The number of aromatic nitrogens is 2. The number of hydrogen-bond acceptors (Lipinski definition) is 5. The van der Waals surface area contributed by atoms with Crippen LogP contribution in [0.1, 0.15) is 16.3 Å². The molecule has 0 saturated carbocycles. The molecule has 0 atom stereocenters. The normalized spacial score (nSPS) is 10.3. The molecule has 0 aliphatic carbocycles. The molecule has 6 heteroatoms. The van der Waals surface area contributed by atoms with Gasteiger partial charge in [-0.05, 0) is 43.3 Å². The van der Waals surface area contributed by atoms with Gasteiger partial charge in [-0.25, -0.2) is 9.97 Å².